The van der Waals surface area contributed by atoms with Gasteiger partial charge in [0, 0.05) is 39.5 Å². The van der Waals surface area contributed by atoms with Crippen molar-refractivity contribution in [1.82, 2.24) is 9.88 Å². The van der Waals surface area contributed by atoms with Crippen molar-refractivity contribution < 1.29 is 14.3 Å². The first kappa shape index (κ1) is 21.0. The number of dihydropyridines is 1. The van der Waals surface area contributed by atoms with Gasteiger partial charge in [0.2, 0.25) is 0 Å². The molecule has 0 fully saturated rings. The number of nitrogens with zero attached hydrogens (tertiary/aromatic N) is 1. The number of rotatable bonds is 3. The van der Waals surface area contributed by atoms with Gasteiger partial charge in [-0.1, -0.05) is 42.5 Å². The zero-order valence-corrected chi connectivity index (χ0v) is 19.4. The average Bonchev–Trinajstić information content (AvgIpc) is 3.26. The van der Waals surface area contributed by atoms with E-state index >= 15 is 0 Å². The number of aryl methyl sites for hydroxylation is 2. The molecule has 1 aromatic heterocycles. The fraction of sp³-hybridized carbons (Fsp3) is 0.214. The highest BCUT2D eigenvalue weighted by molar-refractivity contribution is 6.23. The normalized spacial score (nSPS) is 17.1. The van der Waals surface area contributed by atoms with E-state index in [9.17, 15) is 9.59 Å². The number of carbonyl (C=O) groups excluding carboxylic acids is 2. The molecule has 2 aromatic carbocycles. The smallest absolute Gasteiger partial charge is 0.336 e. The number of hydrogen-bond acceptors (Lipinski definition) is 4. The van der Waals surface area contributed by atoms with Crippen molar-refractivity contribution in [2.75, 3.05) is 7.11 Å². The van der Waals surface area contributed by atoms with Crippen LogP contribution in [0.3, 0.4) is 0 Å². The highest BCUT2D eigenvalue weighted by Gasteiger charge is 2.43. The van der Waals surface area contributed by atoms with Crippen molar-refractivity contribution in [1.29, 1.82) is 0 Å². The van der Waals surface area contributed by atoms with Crippen LogP contribution >= 0.6 is 0 Å². The zero-order valence-electron chi connectivity index (χ0n) is 19.4. The highest BCUT2D eigenvalue weighted by atomic mass is 16.5. The number of methoxy groups -OCH3 is 1. The minimum Gasteiger partial charge on any atom is -0.466 e. The minimum atomic E-state index is -0.516. The molecule has 33 heavy (non-hydrogen) atoms. The maximum Gasteiger partial charge on any atom is 0.336 e. The van der Waals surface area contributed by atoms with E-state index in [1.54, 1.807) is 0 Å². The highest BCUT2D eigenvalue weighted by Crippen LogP contribution is 2.48. The molecule has 5 nitrogen and oxygen atoms in total. The summed E-state index contributed by atoms with van der Waals surface area (Å²) in [6, 6.07) is 17.9. The molecule has 1 atom stereocenters. The Labute approximate surface area is 193 Å². The number of ketones is 1. The van der Waals surface area contributed by atoms with Crippen LogP contribution in [0.15, 0.2) is 71.4 Å². The summed E-state index contributed by atoms with van der Waals surface area (Å²) in [5.74, 6) is -0.994. The fourth-order valence-electron chi connectivity index (χ4n) is 5.29. The monoisotopic (exact) mass is 438 g/mol. The number of esters is 1. The molecule has 1 N–H and O–H groups in total. The summed E-state index contributed by atoms with van der Waals surface area (Å²) in [5.41, 5.74) is 9.32. The third-order valence-electron chi connectivity index (χ3n) is 6.79. The lowest BCUT2D eigenvalue weighted by Gasteiger charge is -2.29. The summed E-state index contributed by atoms with van der Waals surface area (Å²) in [7, 11) is 1.38. The van der Waals surface area contributed by atoms with E-state index < -0.39 is 11.9 Å². The predicted molar refractivity (Wildman–Crippen MR) is 128 cm³/mol. The van der Waals surface area contributed by atoms with Gasteiger partial charge in [-0.25, -0.2) is 4.79 Å². The van der Waals surface area contributed by atoms with E-state index in [1.807, 2.05) is 50.2 Å². The van der Waals surface area contributed by atoms with E-state index in [0.717, 1.165) is 39.5 Å². The molecular formula is C28H26N2O3. The molecule has 0 saturated carbocycles. The van der Waals surface area contributed by atoms with Gasteiger partial charge < -0.3 is 14.6 Å². The van der Waals surface area contributed by atoms with Crippen LogP contribution in [0.25, 0.3) is 11.4 Å². The van der Waals surface area contributed by atoms with E-state index in [2.05, 4.69) is 41.9 Å². The molecule has 5 heteroatoms. The van der Waals surface area contributed by atoms with Crippen molar-refractivity contribution in [3.63, 3.8) is 0 Å². The Kier molecular flexibility index (Phi) is 4.85. The van der Waals surface area contributed by atoms with Crippen molar-refractivity contribution in [3.8, 4) is 5.69 Å². The predicted octanol–water partition coefficient (Wildman–Crippen LogP) is 5.14. The number of Topliss-reactive ketones (excluding diaryl/α,β-unsaturated/α-hetero) is 1. The van der Waals surface area contributed by atoms with Crippen molar-refractivity contribution in [2.24, 2.45) is 0 Å². The number of nitrogens with one attached hydrogen (secondary N) is 1. The van der Waals surface area contributed by atoms with Crippen LogP contribution < -0.4 is 5.32 Å². The Morgan fingerprint density at radius 2 is 1.64 bits per heavy atom. The number of allylic oxidation sites excluding steroid dienone is 2. The quantitative estimate of drug-likeness (QED) is 0.575. The first-order valence-electron chi connectivity index (χ1n) is 11.0. The molecule has 3 aromatic rings. The summed E-state index contributed by atoms with van der Waals surface area (Å²) < 4.78 is 7.37. The Bertz CT molecular complexity index is 1400. The largest absolute Gasteiger partial charge is 0.466 e. The lowest BCUT2D eigenvalue weighted by atomic mass is 9.79. The summed E-state index contributed by atoms with van der Waals surface area (Å²) in [6.07, 6.45) is 0. The van der Waals surface area contributed by atoms with Crippen LogP contribution in [0.4, 0.5) is 0 Å². The molecule has 1 aliphatic heterocycles. The average molecular weight is 439 g/mol. The van der Waals surface area contributed by atoms with Crippen molar-refractivity contribution >= 4 is 17.4 Å². The van der Waals surface area contributed by atoms with Gasteiger partial charge in [-0.2, -0.15) is 0 Å². The van der Waals surface area contributed by atoms with Crippen LogP contribution in [-0.2, 0) is 9.53 Å². The zero-order chi connectivity index (χ0) is 23.4. The van der Waals surface area contributed by atoms with Crippen LogP contribution in [-0.4, -0.2) is 23.4 Å². The lowest BCUT2D eigenvalue weighted by Crippen LogP contribution is -2.29. The number of fused-ring (bicyclic) bond motifs is 2. The molecule has 166 valence electrons. The van der Waals surface area contributed by atoms with Gasteiger partial charge in [0.05, 0.1) is 24.3 Å². The van der Waals surface area contributed by atoms with Crippen LogP contribution in [0.1, 0.15) is 51.3 Å². The van der Waals surface area contributed by atoms with E-state index in [-0.39, 0.29) is 5.78 Å². The molecule has 0 amide bonds. The minimum absolute atomic E-state index is 0.0484. The van der Waals surface area contributed by atoms with E-state index in [0.29, 0.717) is 22.4 Å². The molecule has 5 rings (SSSR count). The third-order valence-corrected chi connectivity index (χ3v) is 6.79. The molecule has 0 spiro atoms. The Morgan fingerprint density at radius 3 is 2.33 bits per heavy atom. The second-order valence-corrected chi connectivity index (χ2v) is 8.70. The summed E-state index contributed by atoms with van der Waals surface area (Å²) in [5, 5.41) is 3.34. The summed E-state index contributed by atoms with van der Waals surface area (Å²) in [6.45, 7) is 8.06. The van der Waals surface area contributed by atoms with E-state index in [4.69, 9.17) is 4.74 Å². The van der Waals surface area contributed by atoms with Gasteiger partial charge in [-0.05, 0) is 51.0 Å². The molecular weight excluding hydrogens is 412 g/mol. The Balaban J connectivity index is 1.77. The molecule has 1 aliphatic carbocycles. The second kappa shape index (κ2) is 7.62. The first-order valence-corrected chi connectivity index (χ1v) is 11.0. The molecule has 2 heterocycles. The lowest BCUT2D eigenvalue weighted by molar-refractivity contribution is -0.136. The Hall–Kier alpha value is -3.86. The standard InChI is InChI=1S/C28H26N2O3/c1-15-10-6-9-13-22(15)30-16(2)14-21(18(30)4)24-23(28(32)33-5)17(3)29-26-19-11-7-8-12-20(19)27(31)25(24)26/h6-14,24,29H,1-5H3/t24-/m1/s1. The van der Waals surface area contributed by atoms with Crippen LogP contribution in [0.2, 0.25) is 0 Å². The SMILES string of the molecule is COC(=O)C1=C(C)NC2=C(C(=O)c3ccccc32)[C@@H]1c1cc(C)n(-c2ccccc2C)c1C. The molecule has 0 radical (unpaired) electrons. The summed E-state index contributed by atoms with van der Waals surface area (Å²) >= 11 is 0. The number of carbonyl (C=O) groups is 2. The van der Waals surface area contributed by atoms with E-state index in [1.165, 1.54) is 7.11 Å². The molecule has 0 saturated heterocycles. The number of para-hydroxylation sites is 1. The molecule has 2 aliphatic rings. The number of benzene rings is 2. The molecule has 0 unspecified atom stereocenters. The van der Waals surface area contributed by atoms with Gasteiger partial charge in [-0.3, -0.25) is 4.79 Å². The van der Waals surface area contributed by atoms with Gasteiger partial charge in [0.1, 0.15) is 0 Å². The number of ether oxygens (including phenoxy) is 1. The molecule has 0 bridgehead atoms. The number of aromatic nitrogens is 1. The maximum atomic E-state index is 13.6. The van der Waals surface area contributed by atoms with Gasteiger partial charge in [-0.15, -0.1) is 0 Å². The second-order valence-electron chi connectivity index (χ2n) is 8.70. The number of hydrogen-bond donors (Lipinski definition) is 1. The summed E-state index contributed by atoms with van der Waals surface area (Å²) in [4.78, 5) is 26.6. The maximum absolute atomic E-state index is 13.6. The van der Waals surface area contributed by atoms with Gasteiger partial charge in [0.25, 0.3) is 0 Å². The van der Waals surface area contributed by atoms with Gasteiger partial charge in [0.15, 0.2) is 5.78 Å². The van der Waals surface area contributed by atoms with Gasteiger partial charge >= 0.3 is 5.97 Å². The Morgan fingerprint density at radius 1 is 0.970 bits per heavy atom. The first-order chi connectivity index (χ1) is 15.8. The fourth-order valence-corrected chi connectivity index (χ4v) is 5.29. The van der Waals surface area contributed by atoms with Crippen LogP contribution in [0, 0.1) is 20.8 Å². The van der Waals surface area contributed by atoms with Crippen LogP contribution in [0.5, 0.6) is 0 Å². The third kappa shape index (κ3) is 2.99. The topological polar surface area (TPSA) is 60.3 Å². The van der Waals surface area contributed by atoms with Crippen molar-refractivity contribution in [2.45, 2.75) is 33.6 Å². The van der Waals surface area contributed by atoms with Crippen molar-refractivity contribution in [3.05, 3.63) is 105 Å².